The van der Waals surface area contributed by atoms with Crippen molar-refractivity contribution in [1.82, 2.24) is 4.98 Å². The predicted octanol–water partition coefficient (Wildman–Crippen LogP) is 4.95. The summed E-state index contributed by atoms with van der Waals surface area (Å²) < 4.78 is 20.0. The van der Waals surface area contributed by atoms with Crippen LogP contribution >= 0.6 is 22.9 Å². The minimum atomic E-state index is -0.301. The van der Waals surface area contributed by atoms with Crippen molar-refractivity contribution < 1.29 is 13.9 Å². The summed E-state index contributed by atoms with van der Waals surface area (Å²) in [7, 11) is 1.55. The molecule has 1 amide bonds. The van der Waals surface area contributed by atoms with E-state index in [9.17, 15) is 9.18 Å². The Balaban J connectivity index is 1.41. The lowest BCUT2D eigenvalue weighted by atomic mass is 9.96. The van der Waals surface area contributed by atoms with Gasteiger partial charge in [-0.25, -0.2) is 9.37 Å². The Labute approximate surface area is 171 Å². The molecule has 0 bridgehead atoms. The molecule has 1 saturated heterocycles. The van der Waals surface area contributed by atoms with Gasteiger partial charge >= 0.3 is 0 Å². The number of methoxy groups -OCH3 is 1. The lowest BCUT2D eigenvalue weighted by Crippen LogP contribution is -2.38. The van der Waals surface area contributed by atoms with Crippen LogP contribution in [0.5, 0.6) is 5.75 Å². The van der Waals surface area contributed by atoms with E-state index in [2.05, 4.69) is 15.2 Å². The number of benzene rings is 2. The number of carbonyl (C=O) groups is 1. The molecule has 2 aromatic carbocycles. The van der Waals surface area contributed by atoms with Crippen molar-refractivity contribution in [3.8, 4) is 5.75 Å². The van der Waals surface area contributed by atoms with Crippen molar-refractivity contribution in [2.45, 2.75) is 12.8 Å². The van der Waals surface area contributed by atoms with E-state index in [0.717, 1.165) is 9.83 Å². The standard InChI is InChI=1S/C20H19ClFN3O2S/c1-27-16-6-5-13(21)11-15(16)23-19(26)12-7-9-25(10-8-12)20-24-18-14(22)3-2-4-17(18)28-20/h2-6,11-12H,7-10H2,1H3,(H,23,26). The molecule has 1 aliphatic rings. The van der Waals surface area contributed by atoms with Crippen LogP contribution in [0.25, 0.3) is 10.2 Å². The zero-order valence-electron chi connectivity index (χ0n) is 15.2. The number of hydrogen-bond acceptors (Lipinski definition) is 5. The van der Waals surface area contributed by atoms with E-state index in [-0.39, 0.29) is 17.6 Å². The second-order valence-corrected chi connectivity index (χ2v) is 8.12. The first kappa shape index (κ1) is 19.0. The number of piperidine rings is 1. The molecule has 4 rings (SSSR count). The summed E-state index contributed by atoms with van der Waals surface area (Å²) >= 11 is 7.51. The third-order valence-electron chi connectivity index (χ3n) is 4.91. The van der Waals surface area contributed by atoms with Gasteiger partial charge in [0, 0.05) is 24.0 Å². The maximum absolute atomic E-state index is 13.9. The Morgan fingerprint density at radius 3 is 2.82 bits per heavy atom. The number of para-hydroxylation sites is 1. The molecule has 0 unspecified atom stereocenters. The summed E-state index contributed by atoms with van der Waals surface area (Å²) in [5.74, 6) is 0.123. The SMILES string of the molecule is COc1ccc(Cl)cc1NC(=O)C1CCN(c2nc3c(F)cccc3s2)CC1. The van der Waals surface area contributed by atoms with Gasteiger partial charge in [0.2, 0.25) is 5.91 Å². The van der Waals surface area contributed by atoms with Crippen molar-refractivity contribution in [1.29, 1.82) is 0 Å². The molecule has 8 heteroatoms. The highest BCUT2D eigenvalue weighted by atomic mass is 35.5. The van der Waals surface area contributed by atoms with Crippen molar-refractivity contribution in [3.05, 3.63) is 47.2 Å². The summed E-state index contributed by atoms with van der Waals surface area (Å²) in [6.45, 7) is 1.40. The number of fused-ring (bicyclic) bond motifs is 1. The number of nitrogens with one attached hydrogen (secondary N) is 1. The van der Waals surface area contributed by atoms with Crippen LogP contribution in [0.15, 0.2) is 36.4 Å². The number of rotatable bonds is 4. The monoisotopic (exact) mass is 419 g/mol. The fraction of sp³-hybridized carbons (Fsp3) is 0.300. The Morgan fingerprint density at radius 1 is 1.32 bits per heavy atom. The number of thiazole rings is 1. The molecule has 0 radical (unpaired) electrons. The van der Waals surface area contributed by atoms with E-state index in [1.807, 2.05) is 6.07 Å². The Hall–Kier alpha value is -2.38. The first-order valence-electron chi connectivity index (χ1n) is 8.99. The zero-order chi connectivity index (χ0) is 19.7. The summed E-state index contributed by atoms with van der Waals surface area (Å²) in [6, 6.07) is 10.1. The Kier molecular flexibility index (Phi) is 5.37. The number of nitrogens with zero attached hydrogens (tertiary/aromatic N) is 2. The van der Waals surface area contributed by atoms with Crippen LogP contribution in [-0.2, 0) is 4.79 Å². The van der Waals surface area contributed by atoms with Gasteiger partial charge in [-0.05, 0) is 43.2 Å². The first-order valence-corrected chi connectivity index (χ1v) is 10.2. The molecule has 146 valence electrons. The minimum absolute atomic E-state index is 0.0458. The zero-order valence-corrected chi connectivity index (χ0v) is 16.8. The largest absolute Gasteiger partial charge is 0.495 e. The normalized spacial score (nSPS) is 15.0. The molecule has 2 heterocycles. The van der Waals surface area contributed by atoms with Crippen molar-refractivity contribution in [2.24, 2.45) is 5.92 Å². The van der Waals surface area contributed by atoms with Gasteiger partial charge in [-0.1, -0.05) is 29.0 Å². The fourth-order valence-corrected chi connectivity index (χ4v) is 4.59. The van der Waals surface area contributed by atoms with Crippen LogP contribution in [0.2, 0.25) is 5.02 Å². The number of anilines is 2. The molecule has 1 aromatic heterocycles. The van der Waals surface area contributed by atoms with Crippen LogP contribution in [-0.4, -0.2) is 31.1 Å². The number of aromatic nitrogens is 1. The molecule has 1 fully saturated rings. The lowest BCUT2D eigenvalue weighted by molar-refractivity contribution is -0.120. The van der Waals surface area contributed by atoms with Gasteiger partial charge in [-0.3, -0.25) is 4.79 Å². The fourth-order valence-electron chi connectivity index (χ4n) is 3.38. The highest BCUT2D eigenvalue weighted by molar-refractivity contribution is 7.22. The van der Waals surface area contributed by atoms with Crippen molar-refractivity contribution in [3.63, 3.8) is 0 Å². The average molecular weight is 420 g/mol. The van der Waals surface area contributed by atoms with Crippen LogP contribution in [0, 0.1) is 11.7 Å². The molecular formula is C20H19ClFN3O2S. The number of carbonyl (C=O) groups excluding carboxylic acids is 1. The summed E-state index contributed by atoms with van der Waals surface area (Å²) in [5, 5.41) is 4.26. The van der Waals surface area contributed by atoms with E-state index in [1.54, 1.807) is 31.4 Å². The van der Waals surface area contributed by atoms with Gasteiger partial charge < -0.3 is 15.0 Å². The average Bonchev–Trinajstić information content (AvgIpc) is 3.14. The van der Waals surface area contributed by atoms with E-state index in [0.29, 0.717) is 47.9 Å². The molecule has 0 spiro atoms. The number of hydrogen-bond donors (Lipinski definition) is 1. The van der Waals surface area contributed by atoms with Gasteiger partial charge in [-0.15, -0.1) is 0 Å². The molecule has 5 nitrogen and oxygen atoms in total. The van der Waals surface area contributed by atoms with E-state index >= 15 is 0 Å². The Morgan fingerprint density at radius 2 is 2.11 bits per heavy atom. The molecule has 0 saturated carbocycles. The Bertz CT molecular complexity index is 1020. The predicted molar refractivity (Wildman–Crippen MR) is 111 cm³/mol. The van der Waals surface area contributed by atoms with Crippen molar-refractivity contribution >= 4 is 49.9 Å². The van der Waals surface area contributed by atoms with E-state index in [1.165, 1.54) is 17.4 Å². The highest BCUT2D eigenvalue weighted by Gasteiger charge is 2.27. The summed E-state index contributed by atoms with van der Waals surface area (Å²) in [6.07, 6.45) is 1.40. The van der Waals surface area contributed by atoms with Gasteiger partial charge in [0.25, 0.3) is 0 Å². The molecule has 1 N–H and O–H groups in total. The van der Waals surface area contributed by atoms with Crippen LogP contribution < -0.4 is 15.0 Å². The maximum atomic E-state index is 13.9. The van der Waals surface area contributed by atoms with Gasteiger partial charge in [0.15, 0.2) is 5.13 Å². The van der Waals surface area contributed by atoms with Crippen LogP contribution in [0.1, 0.15) is 12.8 Å². The highest BCUT2D eigenvalue weighted by Crippen LogP contribution is 2.33. The number of ether oxygens (including phenoxy) is 1. The summed E-state index contributed by atoms with van der Waals surface area (Å²) in [4.78, 5) is 19.2. The first-order chi connectivity index (χ1) is 13.5. The van der Waals surface area contributed by atoms with Crippen molar-refractivity contribution in [2.75, 3.05) is 30.4 Å². The smallest absolute Gasteiger partial charge is 0.227 e. The van der Waals surface area contributed by atoms with Crippen LogP contribution in [0.4, 0.5) is 15.2 Å². The lowest BCUT2D eigenvalue weighted by Gasteiger charge is -2.31. The third-order valence-corrected chi connectivity index (χ3v) is 6.23. The second kappa shape index (κ2) is 7.93. The van der Waals surface area contributed by atoms with Crippen LogP contribution in [0.3, 0.4) is 0 Å². The van der Waals surface area contributed by atoms with Gasteiger partial charge in [-0.2, -0.15) is 0 Å². The van der Waals surface area contributed by atoms with E-state index < -0.39 is 0 Å². The quantitative estimate of drug-likeness (QED) is 0.649. The molecule has 0 atom stereocenters. The van der Waals surface area contributed by atoms with Gasteiger partial charge in [0.05, 0.1) is 17.5 Å². The molecule has 3 aromatic rings. The van der Waals surface area contributed by atoms with Gasteiger partial charge in [0.1, 0.15) is 17.1 Å². The molecular weight excluding hydrogens is 401 g/mol. The number of amides is 1. The molecule has 0 aliphatic carbocycles. The molecule has 28 heavy (non-hydrogen) atoms. The third kappa shape index (κ3) is 3.77. The second-order valence-electron chi connectivity index (χ2n) is 6.68. The summed E-state index contributed by atoms with van der Waals surface area (Å²) in [5.41, 5.74) is 0.986. The number of halogens is 2. The van der Waals surface area contributed by atoms with E-state index in [4.69, 9.17) is 16.3 Å². The topological polar surface area (TPSA) is 54.5 Å². The molecule has 1 aliphatic heterocycles. The maximum Gasteiger partial charge on any atom is 0.227 e. The minimum Gasteiger partial charge on any atom is -0.495 e.